The maximum Gasteiger partial charge on any atom is 0.335 e. The molecule has 1 saturated heterocycles. The van der Waals surface area contributed by atoms with Crippen molar-refractivity contribution in [2.75, 3.05) is 13.1 Å². The average Bonchev–Trinajstić information content (AvgIpc) is 2.76. The Balaban J connectivity index is 2.38. The van der Waals surface area contributed by atoms with Gasteiger partial charge in [-0.2, -0.15) is 4.31 Å². The Bertz CT molecular complexity index is 617. The van der Waals surface area contributed by atoms with Gasteiger partial charge in [-0.3, -0.25) is 0 Å². The van der Waals surface area contributed by atoms with E-state index in [1.807, 2.05) is 0 Å². The van der Waals surface area contributed by atoms with Crippen LogP contribution in [0.5, 0.6) is 0 Å². The number of sulfonamides is 1. The van der Waals surface area contributed by atoms with Crippen molar-refractivity contribution in [3.63, 3.8) is 0 Å². The maximum absolute atomic E-state index is 13.7. The summed E-state index contributed by atoms with van der Waals surface area (Å²) in [4.78, 5) is 10.0. The molecule has 1 aliphatic heterocycles. The summed E-state index contributed by atoms with van der Waals surface area (Å²) in [6.07, 6.45) is -1.18. The minimum Gasteiger partial charge on any atom is -0.478 e. The molecule has 1 N–H and O–H groups in total. The Kier molecular flexibility index (Phi) is 3.55. The minimum absolute atomic E-state index is 0.0103. The van der Waals surface area contributed by atoms with E-state index in [2.05, 4.69) is 0 Å². The first-order valence-corrected chi connectivity index (χ1v) is 6.93. The first-order chi connectivity index (χ1) is 8.82. The third-order valence-corrected chi connectivity index (χ3v) is 4.79. The van der Waals surface area contributed by atoms with Gasteiger partial charge in [0.05, 0.1) is 5.56 Å². The Morgan fingerprint density at radius 2 is 2.11 bits per heavy atom. The summed E-state index contributed by atoms with van der Waals surface area (Å²) in [5, 5.41) is 8.67. The van der Waals surface area contributed by atoms with E-state index in [9.17, 15) is 22.0 Å². The number of aromatic carboxylic acids is 1. The highest BCUT2D eigenvalue weighted by Crippen LogP contribution is 2.25. The molecule has 0 bridgehead atoms. The van der Waals surface area contributed by atoms with E-state index in [0.29, 0.717) is 6.07 Å². The van der Waals surface area contributed by atoms with E-state index in [-0.39, 0.29) is 25.1 Å². The average molecular weight is 291 g/mol. The van der Waals surface area contributed by atoms with Crippen LogP contribution >= 0.6 is 0 Å². The Hall–Kier alpha value is -1.54. The zero-order valence-electron chi connectivity index (χ0n) is 9.71. The van der Waals surface area contributed by atoms with Crippen molar-refractivity contribution >= 4 is 16.0 Å². The number of benzene rings is 1. The summed E-state index contributed by atoms with van der Waals surface area (Å²) < 4.78 is 51.7. The van der Waals surface area contributed by atoms with Gasteiger partial charge in [-0.25, -0.2) is 22.0 Å². The molecule has 8 heteroatoms. The third-order valence-electron chi connectivity index (χ3n) is 2.89. The summed E-state index contributed by atoms with van der Waals surface area (Å²) in [6.45, 7) is -0.313. The van der Waals surface area contributed by atoms with E-state index in [0.717, 1.165) is 16.4 Å². The first-order valence-electron chi connectivity index (χ1n) is 5.49. The summed E-state index contributed by atoms with van der Waals surface area (Å²) in [5.74, 6) is -2.50. The molecule has 1 aliphatic rings. The molecule has 2 rings (SSSR count). The second-order valence-electron chi connectivity index (χ2n) is 4.20. The van der Waals surface area contributed by atoms with Crippen LogP contribution in [0.1, 0.15) is 16.8 Å². The summed E-state index contributed by atoms with van der Waals surface area (Å²) in [5.41, 5.74) is -0.346. The van der Waals surface area contributed by atoms with Crippen LogP contribution in [-0.4, -0.2) is 43.1 Å². The van der Waals surface area contributed by atoms with Crippen molar-refractivity contribution in [3.05, 3.63) is 29.6 Å². The lowest BCUT2D eigenvalue weighted by Gasteiger charge is -2.16. The molecule has 1 aromatic carbocycles. The minimum atomic E-state index is -4.12. The van der Waals surface area contributed by atoms with Crippen molar-refractivity contribution < 1.29 is 27.1 Å². The van der Waals surface area contributed by atoms with Gasteiger partial charge in [0.1, 0.15) is 16.9 Å². The monoisotopic (exact) mass is 291 g/mol. The smallest absolute Gasteiger partial charge is 0.335 e. The fourth-order valence-corrected chi connectivity index (χ4v) is 3.42. The normalized spacial score (nSPS) is 20.6. The van der Waals surface area contributed by atoms with Crippen LogP contribution in [0.2, 0.25) is 0 Å². The van der Waals surface area contributed by atoms with Gasteiger partial charge < -0.3 is 5.11 Å². The van der Waals surface area contributed by atoms with Crippen LogP contribution in [0.15, 0.2) is 23.1 Å². The first kappa shape index (κ1) is 13.9. The number of carboxylic acid groups (broad SMARTS) is 1. The molecule has 0 amide bonds. The molecule has 104 valence electrons. The molecule has 0 spiro atoms. The van der Waals surface area contributed by atoms with Gasteiger partial charge in [-0.15, -0.1) is 0 Å². The van der Waals surface area contributed by atoms with Crippen molar-refractivity contribution in [2.45, 2.75) is 17.5 Å². The summed E-state index contributed by atoms with van der Waals surface area (Å²) in [7, 11) is -4.12. The van der Waals surface area contributed by atoms with Crippen molar-refractivity contribution in [3.8, 4) is 0 Å². The molecule has 0 saturated carbocycles. The van der Waals surface area contributed by atoms with Crippen molar-refractivity contribution in [1.82, 2.24) is 4.31 Å². The number of rotatable bonds is 3. The van der Waals surface area contributed by atoms with Gasteiger partial charge in [0, 0.05) is 13.1 Å². The van der Waals surface area contributed by atoms with Crippen molar-refractivity contribution in [1.29, 1.82) is 0 Å². The third kappa shape index (κ3) is 2.59. The van der Waals surface area contributed by atoms with Gasteiger partial charge in [-0.1, -0.05) is 0 Å². The topological polar surface area (TPSA) is 74.7 Å². The molecule has 1 atom stereocenters. The largest absolute Gasteiger partial charge is 0.478 e. The highest BCUT2D eigenvalue weighted by Gasteiger charge is 2.34. The van der Waals surface area contributed by atoms with Crippen LogP contribution in [0.3, 0.4) is 0 Å². The van der Waals surface area contributed by atoms with E-state index < -0.39 is 32.9 Å². The second-order valence-corrected chi connectivity index (χ2v) is 6.11. The van der Waals surface area contributed by atoms with Gasteiger partial charge >= 0.3 is 5.97 Å². The highest BCUT2D eigenvalue weighted by atomic mass is 32.2. The van der Waals surface area contributed by atoms with Crippen LogP contribution in [0.25, 0.3) is 0 Å². The zero-order valence-corrected chi connectivity index (χ0v) is 10.5. The van der Waals surface area contributed by atoms with Gasteiger partial charge in [0.2, 0.25) is 10.0 Å². The lowest BCUT2D eigenvalue weighted by molar-refractivity contribution is 0.0696. The molecule has 1 fully saturated rings. The fraction of sp³-hybridized carbons (Fsp3) is 0.364. The molecule has 0 aromatic heterocycles. The molecule has 19 heavy (non-hydrogen) atoms. The molecular formula is C11H11F2NO4S. The van der Waals surface area contributed by atoms with Crippen LogP contribution < -0.4 is 0 Å². The zero-order chi connectivity index (χ0) is 14.2. The van der Waals surface area contributed by atoms with E-state index >= 15 is 0 Å². The van der Waals surface area contributed by atoms with Gasteiger partial charge in [-0.05, 0) is 24.6 Å². The Labute approximate surface area is 108 Å². The lowest BCUT2D eigenvalue weighted by atomic mass is 10.2. The van der Waals surface area contributed by atoms with E-state index in [4.69, 9.17) is 5.11 Å². The lowest BCUT2D eigenvalue weighted by Crippen LogP contribution is -2.29. The number of hydrogen-bond donors (Lipinski definition) is 1. The Morgan fingerprint density at radius 3 is 2.58 bits per heavy atom. The molecule has 1 heterocycles. The SMILES string of the molecule is O=C(O)c1ccc(S(=O)(=O)N2CCC(F)C2)c(F)c1. The number of alkyl halides is 1. The predicted octanol–water partition coefficient (Wildman–Crippen LogP) is 1.26. The van der Waals surface area contributed by atoms with Gasteiger partial charge in [0.25, 0.3) is 0 Å². The quantitative estimate of drug-likeness (QED) is 0.909. The standard InChI is InChI=1S/C11H11F2NO4S/c12-8-3-4-14(6-8)19(17,18)10-2-1-7(11(15)16)5-9(10)13/h1-2,5,8H,3-4,6H2,(H,15,16). The number of hydrogen-bond acceptors (Lipinski definition) is 3. The molecule has 1 unspecified atom stereocenters. The van der Waals surface area contributed by atoms with Crippen LogP contribution in [0, 0.1) is 5.82 Å². The summed E-state index contributed by atoms with van der Waals surface area (Å²) >= 11 is 0. The molecule has 0 radical (unpaired) electrons. The van der Waals surface area contributed by atoms with Crippen molar-refractivity contribution in [2.24, 2.45) is 0 Å². The van der Waals surface area contributed by atoms with Crippen LogP contribution in [0.4, 0.5) is 8.78 Å². The number of carbonyl (C=O) groups is 1. The highest BCUT2D eigenvalue weighted by molar-refractivity contribution is 7.89. The Morgan fingerprint density at radius 1 is 1.42 bits per heavy atom. The fourth-order valence-electron chi connectivity index (χ4n) is 1.89. The van der Waals surface area contributed by atoms with E-state index in [1.165, 1.54) is 0 Å². The number of carboxylic acids is 1. The van der Waals surface area contributed by atoms with Gasteiger partial charge in [0.15, 0.2) is 0 Å². The molecule has 0 aliphatic carbocycles. The second kappa shape index (κ2) is 4.86. The number of halogens is 2. The molecular weight excluding hydrogens is 280 g/mol. The van der Waals surface area contributed by atoms with E-state index in [1.54, 1.807) is 0 Å². The van der Waals surface area contributed by atoms with Crippen LogP contribution in [-0.2, 0) is 10.0 Å². The molecule has 1 aromatic rings. The maximum atomic E-state index is 13.7. The molecule has 5 nitrogen and oxygen atoms in total. The predicted molar refractivity (Wildman–Crippen MR) is 61.6 cm³/mol. The number of nitrogens with zero attached hydrogens (tertiary/aromatic N) is 1. The summed E-state index contributed by atoms with van der Waals surface area (Å²) in [6, 6.07) is 2.53.